The van der Waals surface area contributed by atoms with Crippen LogP contribution < -0.4 is 10.9 Å². The predicted molar refractivity (Wildman–Crippen MR) is 88.1 cm³/mol. The number of amides is 1. The Morgan fingerprint density at radius 2 is 2.00 bits per heavy atom. The molecule has 0 fully saturated rings. The number of halogens is 1. The molecule has 24 heavy (non-hydrogen) atoms. The van der Waals surface area contributed by atoms with Crippen LogP contribution in [0.4, 0.5) is 0 Å². The third-order valence-corrected chi connectivity index (χ3v) is 3.71. The number of aromatic nitrogens is 2. The van der Waals surface area contributed by atoms with Crippen LogP contribution in [0.15, 0.2) is 41.2 Å². The van der Waals surface area contributed by atoms with Crippen LogP contribution in [0.2, 0.25) is 5.02 Å². The molecule has 0 spiro atoms. The third kappa shape index (κ3) is 4.20. The van der Waals surface area contributed by atoms with Crippen LogP contribution >= 0.6 is 11.6 Å². The molecule has 7 nitrogen and oxygen atoms in total. The van der Waals surface area contributed by atoms with Gasteiger partial charge in [-0.3, -0.25) is 14.4 Å². The molecule has 1 heterocycles. The summed E-state index contributed by atoms with van der Waals surface area (Å²) >= 11 is 6.10. The van der Waals surface area contributed by atoms with Crippen LogP contribution in [0.25, 0.3) is 0 Å². The molecule has 0 saturated carbocycles. The zero-order valence-electron chi connectivity index (χ0n) is 12.9. The molecule has 1 aromatic heterocycles. The van der Waals surface area contributed by atoms with Gasteiger partial charge in [0.15, 0.2) is 0 Å². The summed E-state index contributed by atoms with van der Waals surface area (Å²) in [4.78, 5) is 35.0. The minimum atomic E-state index is -1.08. The SMILES string of the molecule is CCn1nc(C(=O)NC(CC(=O)O)c2ccccc2Cl)ccc1=O. The van der Waals surface area contributed by atoms with E-state index in [-0.39, 0.29) is 17.7 Å². The van der Waals surface area contributed by atoms with Crippen LogP contribution in [0.1, 0.15) is 35.4 Å². The third-order valence-electron chi connectivity index (χ3n) is 3.36. The van der Waals surface area contributed by atoms with Gasteiger partial charge in [-0.15, -0.1) is 0 Å². The Morgan fingerprint density at radius 1 is 1.29 bits per heavy atom. The molecule has 0 saturated heterocycles. The number of benzene rings is 1. The largest absolute Gasteiger partial charge is 0.481 e. The summed E-state index contributed by atoms with van der Waals surface area (Å²) in [5.41, 5.74) is 0.208. The van der Waals surface area contributed by atoms with Crippen molar-refractivity contribution in [2.24, 2.45) is 0 Å². The average Bonchev–Trinajstić information content (AvgIpc) is 2.54. The molecular weight excluding hydrogens is 334 g/mol. The second-order valence-corrected chi connectivity index (χ2v) is 5.43. The second-order valence-electron chi connectivity index (χ2n) is 5.02. The van der Waals surface area contributed by atoms with Crippen LogP contribution in [-0.4, -0.2) is 26.8 Å². The van der Waals surface area contributed by atoms with Gasteiger partial charge >= 0.3 is 5.97 Å². The van der Waals surface area contributed by atoms with E-state index in [0.29, 0.717) is 17.1 Å². The lowest BCUT2D eigenvalue weighted by Gasteiger charge is -2.18. The molecule has 1 amide bonds. The Morgan fingerprint density at radius 3 is 2.62 bits per heavy atom. The van der Waals surface area contributed by atoms with Crippen molar-refractivity contribution in [2.75, 3.05) is 0 Å². The van der Waals surface area contributed by atoms with Gasteiger partial charge in [0.1, 0.15) is 5.69 Å². The first kappa shape index (κ1) is 17.7. The summed E-state index contributed by atoms with van der Waals surface area (Å²) in [5, 5.41) is 16.0. The quantitative estimate of drug-likeness (QED) is 0.828. The van der Waals surface area contributed by atoms with Gasteiger partial charge in [0.25, 0.3) is 11.5 Å². The van der Waals surface area contributed by atoms with Crippen LogP contribution in [0.3, 0.4) is 0 Å². The number of hydrogen-bond donors (Lipinski definition) is 2. The van der Waals surface area contributed by atoms with Gasteiger partial charge in [-0.1, -0.05) is 29.8 Å². The standard InChI is InChI=1S/C16H16ClN3O4/c1-2-20-14(21)8-7-12(19-20)16(24)18-13(9-15(22)23)10-5-3-4-6-11(10)17/h3-8,13H,2,9H2,1H3,(H,18,24)(H,22,23). The molecule has 2 aromatic rings. The first-order valence-electron chi connectivity index (χ1n) is 7.27. The maximum absolute atomic E-state index is 12.4. The summed E-state index contributed by atoms with van der Waals surface area (Å²) < 4.78 is 1.15. The molecule has 2 N–H and O–H groups in total. The summed E-state index contributed by atoms with van der Waals surface area (Å²) in [6.45, 7) is 2.05. The monoisotopic (exact) mass is 349 g/mol. The minimum absolute atomic E-state index is 0.0268. The molecule has 0 aliphatic rings. The van der Waals surface area contributed by atoms with Crippen molar-refractivity contribution in [1.82, 2.24) is 15.1 Å². The van der Waals surface area contributed by atoms with E-state index in [0.717, 1.165) is 4.68 Å². The highest BCUT2D eigenvalue weighted by Crippen LogP contribution is 2.25. The van der Waals surface area contributed by atoms with E-state index < -0.39 is 17.9 Å². The number of carbonyl (C=O) groups is 2. The van der Waals surface area contributed by atoms with Gasteiger partial charge in [-0.25, -0.2) is 4.68 Å². The topological polar surface area (TPSA) is 101 Å². The normalized spacial score (nSPS) is 11.8. The van der Waals surface area contributed by atoms with E-state index in [1.165, 1.54) is 12.1 Å². The van der Waals surface area contributed by atoms with Crippen molar-refractivity contribution in [2.45, 2.75) is 25.9 Å². The highest BCUT2D eigenvalue weighted by Gasteiger charge is 2.21. The van der Waals surface area contributed by atoms with Gasteiger partial charge in [-0.2, -0.15) is 5.10 Å². The van der Waals surface area contributed by atoms with Crippen LogP contribution in [0.5, 0.6) is 0 Å². The van der Waals surface area contributed by atoms with Crippen molar-refractivity contribution >= 4 is 23.5 Å². The number of carboxylic acids is 1. The van der Waals surface area contributed by atoms with Gasteiger partial charge in [0.2, 0.25) is 0 Å². The van der Waals surface area contributed by atoms with E-state index in [2.05, 4.69) is 10.4 Å². The molecule has 0 radical (unpaired) electrons. The van der Waals surface area contributed by atoms with Crippen molar-refractivity contribution in [3.05, 3.63) is 63.0 Å². The van der Waals surface area contributed by atoms with Crippen molar-refractivity contribution < 1.29 is 14.7 Å². The Labute approximate surface area is 142 Å². The molecule has 1 unspecified atom stereocenters. The van der Waals surface area contributed by atoms with E-state index in [1.54, 1.807) is 31.2 Å². The molecule has 0 bridgehead atoms. The number of hydrogen-bond acceptors (Lipinski definition) is 4. The molecule has 1 atom stereocenters. The Kier molecular flexibility index (Phi) is 5.70. The van der Waals surface area contributed by atoms with Crippen LogP contribution in [-0.2, 0) is 11.3 Å². The minimum Gasteiger partial charge on any atom is -0.481 e. The first-order valence-corrected chi connectivity index (χ1v) is 7.65. The van der Waals surface area contributed by atoms with Gasteiger partial charge in [0, 0.05) is 17.6 Å². The van der Waals surface area contributed by atoms with Gasteiger partial charge in [0.05, 0.1) is 12.5 Å². The van der Waals surface area contributed by atoms with Crippen molar-refractivity contribution in [3.8, 4) is 0 Å². The van der Waals surface area contributed by atoms with Gasteiger partial charge in [-0.05, 0) is 24.6 Å². The smallest absolute Gasteiger partial charge is 0.305 e. The number of aryl methyl sites for hydroxylation is 1. The summed E-state index contributed by atoms with van der Waals surface area (Å²) in [6.07, 6.45) is -0.330. The highest BCUT2D eigenvalue weighted by atomic mass is 35.5. The lowest BCUT2D eigenvalue weighted by Crippen LogP contribution is -2.33. The number of rotatable bonds is 6. The highest BCUT2D eigenvalue weighted by molar-refractivity contribution is 6.31. The lowest BCUT2D eigenvalue weighted by atomic mass is 10.0. The number of carbonyl (C=O) groups excluding carboxylic acids is 1. The Balaban J connectivity index is 2.29. The fourth-order valence-corrected chi connectivity index (χ4v) is 2.47. The zero-order chi connectivity index (χ0) is 17.7. The fraction of sp³-hybridized carbons (Fsp3) is 0.250. The van der Waals surface area contributed by atoms with Gasteiger partial charge < -0.3 is 10.4 Å². The number of aliphatic carboxylic acids is 1. The van der Waals surface area contributed by atoms with Crippen LogP contribution in [0, 0.1) is 0 Å². The Bertz CT molecular complexity index is 819. The van der Waals surface area contributed by atoms with E-state index in [4.69, 9.17) is 16.7 Å². The molecule has 126 valence electrons. The molecule has 1 aromatic carbocycles. The number of nitrogens with zero attached hydrogens (tertiary/aromatic N) is 2. The van der Waals surface area contributed by atoms with E-state index in [1.807, 2.05) is 0 Å². The summed E-state index contributed by atoms with van der Waals surface area (Å²) in [5.74, 6) is -1.66. The maximum atomic E-state index is 12.4. The maximum Gasteiger partial charge on any atom is 0.305 e. The van der Waals surface area contributed by atoms with Crippen molar-refractivity contribution in [1.29, 1.82) is 0 Å². The Hall–Kier alpha value is -2.67. The van der Waals surface area contributed by atoms with Crippen molar-refractivity contribution in [3.63, 3.8) is 0 Å². The van der Waals surface area contributed by atoms with E-state index in [9.17, 15) is 14.4 Å². The first-order chi connectivity index (χ1) is 11.4. The molecule has 0 aliphatic carbocycles. The summed E-state index contributed by atoms with van der Waals surface area (Å²) in [7, 11) is 0. The summed E-state index contributed by atoms with van der Waals surface area (Å²) in [6, 6.07) is 8.42. The fourth-order valence-electron chi connectivity index (χ4n) is 2.20. The van der Waals surface area contributed by atoms with E-state index >= 15 is 0 Å². The molecule has 0 aliphatic heterocycles. The molecule has 2 rings (SSSR count). The molecular formula is C16H16ClN3O4. The number of carboxylic acid groups (broad SMARTS) is 1. The number of nitrogens with one attached hydrogen (secondary N) is 1. The predicted octanol–water partition coefficient (Wildman–Crippen LogP) is 1.86. The zero-order valence-corrected chi connectivity index (χ0v) is 13.7. The molecule has 8 heteroatoms. The second kappa shape index (κ2) is 7.74. The lowest BCUT2D eigenvalue weighted by molar-refractivity contribution is -0.137. The average molecular weight is 350 g/mol.